The van der Waals surface area contributed by atoms with Crippen molar-refractivity contribution in [2.24, 2.45) is 5.73 Å². The van der Waals surface area contributed by atoms with Gasteiger partial charge in [-0.05, 0) is 24.6 Å². The maximum Gasteiger partial charge on any atom is 0.223 e. The van der Waals surface area contributed by atoms with Crippen LogP contribution in [0, 0.1) is 0 Å². The second-order valence-corrected chi connectivity index (χ2v) is 5.06. The van der Waals surface area contributed by atoms with Crippen LogP contribution >= 0.6 is 11.6 Å². The maximum absolute atomic E-state index is 11.8. The highest BCUT2D eigenvalue weighted by Crippen LogP contribution is 2.24. The fraction of sp³-hybridized carbons (Fsp3) is 0.500. The second kappa shape index (κ2) is 6.76. The smallest absolute Gasteiger partial charge is 0.223 e. The van der Waals surface area contributed by atoms with Crippen molar-refractivity contribution in [3.05, 3.63) is 34.9 Å². The first kappa shape index (κ1) is 15.0. The minimum absolute atomic E-state index is 0.0887. The Morgan fingerprint density at radius 3 is 2.39 bits per heavy atom. The van der Waals surface area contributed by atoms with Crippen LogP contribution in [-0.4, -0.2) is 30.4 Å². The molecule has 0 aromatic heterocycles. The summed E-state index contributed by atoms with van der Waals surface area (Å²) >= 11 is 5.87. The van der Waals surface area contributed by atoms with Crippen molar-refractivity contribution in [1.82, 2.24) is 4.90 Å². The standard InChI is InChI=1S/C14H21ClN2O/c1-10(12-4-6-13(15)7-5-12)11(2)17(3)14(18)8-9-16/h4-7,10-11H,8-9,16H2,1-3H3/t10-,11-/m1/s1. The molecular formula is C14H21ClN2O. The van der Waals surface area contributed by atoms with Crippen molar-refractivity contribution in [3.8, 4) is 0 Å². The van der Waals surface area contributed by atoms with E-state index in [9.17, 15) is 4.79 Å². The minimum Gasteiger partial charge on any atom is -0.342 e. The van der Waals surface area contributed by atoms with Crippen molar-refractivity contribution < 1.29 is 4.79 Å². The van der Waals surface area contributed by atoms with Gasteiger partial charge in [0.25, 0.3) is 0 Å². The maximum atomic E-state index is 11.8. The normalized spacial score (nSPS) is 14.1. The van der Waals surface area contributed by atoms with Crippen molar-refractivity contribution >= 4 is 17.5 Å². The molecule has 0 aliphatic heterocycles. The lowest BCUT2D eigenvalue weighted by Gasteiger charge is -2.30. The highest BCUT2D eigenvalue weighted by atomic mass is 35.5. The molecule has 0 unspecified atom stereocenters. The van der Waals surface area contributed by atoms with Gasteiger partial charge in [0, 0.05) is 37.0 Å². The van der Waals surface area contributed by atoms with Crippen molar-refractivity contribution in [2.75, 3.05) is 13.6 Å². The number of nitrogens with zero attached hydrogens (tertiary/aromatic N) is 1. The van der Waals surface area contributed by atoms with E-state index in [1.807, 2.05) is 38.2 Å². The monoisotopic (exact) mass is 268 g/mol. The van der Waals surface area contributed by atoms with Gasteiger partial charge in [0.2, 0.25) is 5.91 Å². The van der Waals surface area contributed by atoms with Crippen LogP contribution < -0.4 is 5.73 Å². The van der Waals surface area contributed by atoms with Crippen LogP contribution in [0.15, 0.2) is 24.3 Å². The highest BCUT2D eigenvalue weighted by Gasteiger charge is 2.21. The van der Waals surface area contributed by atoms with Crippen LogP contribution in [0.25, 0.3) is 0 Å². The Morgan fingerprint density at radius 1 is 1.33 bits per heavy atom. The molecule has 18 heavy (non-hydrogen) atoms. The van der Waals surface area contributed by atoms with Gasteiger partial charge >= 0.3 is 0 Å². The number of carbonyl (C=O) groups excluding carboxylic acids is 1. The second-order valence-electron chi connectivity index (χ2n) is 4.62. The van der Waals surface area contributed by atoms with Crippen LogP contribution in [0.5, 0.6) is 0 Å². The molecule has 0 saturated heterocycles. The van der Waals surface area contributed by atoms with Gasteiger partial charge in [0.1, 0.15) is 0 Å². The number of hydrogen-bond donors (Lipinski definition) is 1. The molecule has 0 heterocycles. The van der Waals surface area contributed by atoms with Crippen LogP contribution in [0.4, 0.5) is 0 Å². The molecule has 0 aliphatic carbocycles. The molecule has 0 fully saturated rings. The number of halogens is 1. The molecule has 1 aromatic rings. The zero-order chi connectivity index (χ0) is 13.7. The van der Waals surface area contributed by atoms with Gasteiger partial charge in [-0.3, -0.25) is 4.79 Å². The average molecular weight is 269 g/mol. The van der Waals surface area contributed by atoms with Gasteiger partial charge in [0.05, 0.1) is 0 Å². The number of rotatable bonds is 5. The molecule has 100 valence electrons. The molecule has 1 amide bonds. The van der Waals surface area contributed by atoms with E-state index in [1.54, 1.807) is 4.90 Å². The average Bonchev–Trinajstić information content (AvgIpc) is 2.37. The summed E-state index contributed by atoms with van der Waals surface area (Å²) in [5.41, 5.74) is 6.59. The Balaban J connectivity index is 2.74. The predicted octanol–water partition coefficient (Wildman–Crippen LogP) is 2.64. The van der Waals surface area contributed by atoms with Gasteiger partial charge in [-0.2, -0.15) is 0 Å². The molecule has 0 aliphatic rings. The lowest BCUT2D eigenvalue weighted by atomic mass is 9.93. The first-order chi connectivity index (χ1) is 8.47. The summed E-state index contributed by atoms with van der Waals surface area (Å²) in [5.74, 6) is 0.347. The van der Waals surface area contributed by atoms with Crippen LogP contribution in [0.2, 0.25) is 5.02 Å². The number of hydrogen-bond acceptors (Lipinski definition) is 2. The topological polar surface area (TPSA) is 46.3 Å². The third-order valence-corrected chi connectivity index (χ3v) is 3.73. The van der Waals surface area contributed by atoms with E-state index < -0.39 is 0 Å². The lowest BCUT2D eigenvalue weighted by molar-refractivity contribution is -0.131. The van der Waals surface area contributed by atoms with E-state index in [1.165, 1.54) is 5.56 Å². The summed E-state index contributed by atoms with van der Waals surface area (Å²) in [6, 6.07) is 7.89. The molecule has 0 radical (unpaired) electrons. The van der Waals surface area contributed by atoms with Gasteiger partial charge in [-0.1, -0.05) is 30.7 Å². The highest BCUT2D eigenvalue weighted by molar-refractivity contribution is 6.30. The molecule has 4 heteroatoms. The van der Waals surface area contributed by atoms with Gasteiger partial charge in [-0.15, -0.1) is 0 Å². The predicted molar refractivity (Wildman–Crippen MR) is 75.8 cm³/mol. The summed E-state index contributed by atoms with van der Waals surface area (Å²) in [4.78, 5) is 13.6. The largest absolute Gasteiger partial charge is 0.342 e. The molecule has 1 aromatic carbocycles. The first-order valence-electron chi connectivity index (χ1n) is 6.18. The van der Waals surface area contributed by atoms with Gasteiger partial charge in [-0.25, -0.2) is 0 Å². The summed E-state index contributed by atoms with van der Waals surface area (Å²) < 4.78 is 0. The third-order valence-electron chi connectivity index (χ3n) is 3.48. The Labute approximate surface area is 114 Å². The Morgan fingerprint density at radius 2 is 1.89 bits per heavy atom. The molecule has 0 saturated carbocycles. The summed E-state index contributed by atoms with van der Waals surface area (Å²) in [6.07, 6.45) is 0.397. The van der Waals surface area contributed by atoms with E-state index in [2.05, 4.69) is 6.92 Å². The van der Waals surface area contributed by atoms with E-state index in [0.29, 0.717) is 13.0 Å². The van der Waals surface area contributed by atoms with Crippen molar-refractivity contribution in [2.45, 2.75) is 32.2 Å². The molecule has 2 N–H and O–H groups in total. The van der Waals surface area contributed by atoms with Crippen LogP contribution in [-0.2, 0) is 4.79 Å². The molecule has 3 nitrogen and oxygen atoms in total. The fourth-order valence-electron chi connectivity index (χ4n) is 1.91. The lowest BCUT2D eigenvalue weighted by Crippen LogP contribution is -2.39. The van der Waals surface area contributed by atoms with Gasteiger partial charge < -0.3 is 10.6 Å². The van der Waals surface area contributed by atoms with E-state index in [4.69, 9.17) is 17.3 Å². The van der Waals surface area contributed by atoms with Crippen LogP contribution in [0.1, 0.15) is 31.7 Å². The zero-order valence-corrected chi connectivity index (χ0v) is 11.9. The quantitative estimate of drug-likeness (QED) is 0.892. The number of nitrogens with two attached hydrogens (primary N) is 1. The molecular weight excluding hydrogens is 248 g/mol. The molecule has 1 rings (SSSR count). The number of likely N-dealkylation sites (N-methyl/N-ethyl adjacent to an activating group) is 1. The first-order valence-corrected chi connectivity index (χ1v) is 6.56. The van der Waals surface area contributed by atoms with Crippen LogP contribution in [0.3, 0.4) is 0 Å². The van der Waals surface area contributed by atoms with Crippen molar-refractivity contribution in [3.63, 3.8) is 0 Å². The number of amides is 1. The van der Waals surface area contributed by atoms with Gasteiger partial charge in [0.15, 0.2) is 0 Å². The Hall–Kier alpha value is -1.06. The third kappa shape index (κ3) is 3.72. The molecule has 2 atom stereocenters. The number of benzene rings is 1. The van der Waals surface area contributed by atoms with E-state index in [0.717, 1.165) is 5.02 Å². The minimum atomic E-state index is 0.0887. The van der Waals surface area contributed by atoms with Crippen molar-refractivity contribution in [1.29, 1.82) is 0 Å². The molecule has 0 spiro atoms. The zero-order valence-electron chi connectivity index (χ0n) is 11.2. The Kier molecular flexibility index (Phi) is 5.63. The SMILES string of the molecule is C[C@H]([C@@H](C)c1ccc(Cl)cc1)N(C)C(=O)CCN. The van der Waals surface area contributed by atoms with E-state index in [-0.39, 0.29) is 17.9 Å². The summed E-state index contributed by atoms with van der Waals surface area (Å²) in [5, 5.41) is 0.728. The fourth-order valence-corrected chi connectivity index (χ4v) is 2.03. The van der Waals surface area contributed by atoms with E-state index >= 15 is 0 Å². The molecule has 0 bridgehead atoms. The Bertz CT molecular complexity index is 391. The summed E-state index contributed by atoms with van der Waals surface area (Å²) in [7, 11) is 1.83. The summed E-state index contributed by atoms with van der Waals surface area (Å²) in [6.45, 7) is 4.55. The number of carbonyl (C=O) groups is 1.